The fraction of sp³-hybridized carbons (Fsp3) is 0.833. The van der Waals surface area contributed by atoms with Gasteiger partial charge in [0.05, 0.1) is 6.54 Å². The first-order chi connectivity index (χ1) is 4.81. The molecule has 0 atom stereocenters. The highest BCUT2D eigenvalue weighted by Gasteiger charge is 2.06. The molecule has 1 aliphatic rings. The van der Waals surface area contributed by atoms with Crippen LogP contribution in [-0.4, -0.2) is 25.8 Å². The fourth-order valence-electron chi connectivity index (χ4n) is 0.348. The molecular formula is C6H14N2O2. The number of carbonyl (C=O) groups excluding carboxylic acids is 1. The van der Waals surface area contributed by atoms with Gasteiger partial charge in [0.25, 0.3) is 0 Å². The zero-order valence-electron chi connectivity index (χ0n) is 6.22. The number of nitrogens with two attached hydrogens (primary N) is 1. The molecule has 1 aliphatic heterocycles. The number of carbonyl (C=O) groups is 1. The molecule has 1 fully saturated rings. The Bertz CT molecular complexity index is 85.7. The molecule has 3 N–H and O–H groups in total. The predicted octanol–water partition coefficient (Wildman–Crippen LogP) is 0.0813. The highest BCUT2D eigenvalue weighted by Crippen LogP contribution is 1.82. The van der Waals surface area contributed by atoms with E-state index in [-0.39, 0.29) is 6.09 Å². The Hall–Kier alpha value is -0.770. The zero-order valence-corrected chi connectivity index (χ0v) is 6.22. The number of cyclic esters (lactones) is 1. The summed E-state index contributed by atoms with van der Waals surface area (Å²) in [6, 6.07) is 0. The van der Waals surface area contributed by atoms with Gasteiger partial charge in [0, 0.05) is 0 Å². The minimum atomic E-state index is -0.296. The Kier molecular flexibility index (Phi) is 5.86. The summed E-state index contributed by atoms with van der Waals surface area (Å²) in [5.41, 5.74) is 5.03. The summed E-state index contributed by atoms with van der Waals surface area (Å²) < 4.78 is 4.40. The summed E-state index contributed by atoms with van der Waals surface area (Å²) >= 11 is 0. The second-order valence-corrected chi connectivity index (χ2v) is 1.85. The summed E-state index contributed by atoms with van der Waals surface area (Å²) in [5.74, 6) is 0. The molecule has 1 amide bonds. The Labute approximate surface area is 60.7 Å². The van der Waals surface area contributed by atoms with E-state index in [4.69, 9.17) is 5.73 Å². The molecule has 0 aliphatic carbocycles. The van der Waals surface area contributed by atoms with E-state index in [0.29, 0.717) is 13.2 Å². The van der Waals surface area contributed by atoms with E-state index in [2.05, 4.69) is 17.0 Å². The van der Waals surface area contributed by atoms with Crippen LogP contribution in [0.3, 0.4) is 0 Å². The monoisotopic (exact) mass is 146 g/mol. The van der Waals surface area contributed by atoms with Crippen molar-refractivity contribution in [1.29, 1.82) is 0 Å². The lowest BCUT2D eigenvalue weighted by atomic mass is 10.5. The molecule has 0 aromatic carbocycles. The van der Waals surface area contributed by atoms with E-state index in [9.17, 15) is 4.79 Å². The van der Waals surface area contributed by atoms with Crippen LogP contribution in [0.2, 0.25) is 0 Å². The molecule has 1 saturated heterocycles. The Morgan fingerprint density at radius 2 is 2.40 bits per heavy atom. The third kappa shape index (κ3) is 5.37. The summed E-state index contributed by atoms with van der Waals surface area (Å²) in [4.78, 5) is 9.91. The van der Waals surface area contributed by atoms with Crippen LogP contribution in [0.25, 0.3) is 0 Å². The van der Waals surface area contributed by atoms with Crippen molar-refractivity contribution in [3.8, 4) is 0 Å². The molecule has 0 bridgehead atoms. The van der Waals surface area contributed by atoms with Crippen molar-refractivity contribution in [3.05, 3.63) is 0 Å². The lowest BCUT2D eigenvalue weighted by Crippen LogP contribution is -2.11. The van der Waals surface area contributed by atoms with Gasteiger partial charge >= 0.3 is 6.09 Å². The van der Waals surface area contributed by atoms with Crippen LogP contribution in [-0.2, 0) is 4.74 Å². The third-order valence-corrected chi connectivity index (χ3v) is 0.893. The Balaban J connectivity index is 0.000000180. The molecule has 1 rings (SSSR count). The van der Waals surface area contributed by atoms with Gasteiger partial charge in [-0.1, -0.05) is 6.92 Å². The highest BCUT2D eigenvalue weighted by molar-refractivity contribution is 5.68. The molecule has 0 saturated carbocycles. The number of alkyl carbamates (subject to hydrolysis) is 1. The van der Waals surface area contributed by atoms with Crippen molar-refractivity contribution >= 4 is 6.09 Å². The largest absolute Gasteiger partial charge is 0.448 e. The summed E-state index contributed by atoms with van der Waals surface area (Å²) in [6.45, 7) is 4.07. The average Bonchev–Trinajstić information content (AvgIpc) is 2.40. The molecule has 1 heterocycles. The number of ether oxygens (including phenoxy) is 1. The summed E-state index contributed by atoms with van der Waals surface area (Å²) in [7, 11) is 0. The van der Waals surface area contributed by atoms with Gasteiger partial charge in [-0.2, -0.15) is 0 Å². The lowest BCUT2D eigenvalue weighted by molar-refractivity contribution is 0.178. The van der Waals surface area contributed by atoms with E-state index in [1.54, 1.807) is 0 Å². The number of amides is 1. The summed E-state index contributed by atoms with van der Waals surface area (Å²) in [5, 5.41) is 2.46. The van der Waals surface area contributed by atoms with Gasteiger partial charge in [-0.3, -0.25) is 0 Å². The number of hydrogen-bond acceptors (Lipinski definition) is 3. The maximum absolute atomic E-state index is 9.91. The predicted molar refractivity (Wildman–Crippen MR) is 38.7 cm³/mol. The quantitative estimate of drug-likeness (QED) is 0.550. The minimum Gasteiger partial charge on any atom is -0.448 e. The molecule has 4 heteroatoms. The first kappa shape index (κ1) is 9.23. The molecule has 0 radical (unpaired) electrons. The van der Waals surface area contributed by atoms with E-state index in [1.807, 2.05) is 0 Å². The maximum Gasteiger partial charge on any atom is 0.407 e. The van der Waals surface area contributed by atoms with Crippen molar-refractivity contribution in [2.24, 2.45) is 5.73 Å². The molecule has 4 nitrogen and oxygen atoms in total. The van der Waals surface area contributed by atoms with Crippen LogP contribution >= 0.6 is 0 Å². The van der Waals surface area contributed by atoms with Crippen LogP contribution in [0, 0.1) is 0 Å². The summed E-state index contributed by atoms with van der Waals surface area (Å²) in [6.07, 6.45) is 0.801. The second kappa shape index (κ2) is 6.35. The number of hydrogen-bond donors (Lipinski definition) is 2. The van der Waals surface area contributed by atoms with Crippen LogP contribution in [0.1, 0.15) is 13.3 Å². The van der Waals surface area contributed by atoms with Crippen LogP contribution in [0.15, 0.2) is 0 Å². The van der Waals surface area contributed by atoms with E-state index in [1.165, 1.54) is 0 Å². The van der Waals surface area contributed by atoms with Crippen LogP contribution in [0.4, 0.5) is 4.79 Å². The molecule has 60 valence electrons. The molecule has 0 aromatic heterocycles. The first-order valence-corrected chi connectivity index (χ1v) is 3.42. The van der Waals surface area contributed by atoms with Crippen molar-refractivity contribution in [3.63, 3.8) is 0 Å². The van der Waals surface area contributed by atoms with Crippen molar-refractivity contribution in [2.75, 3.05) is 19.7 Å². The van der Waals surface area contributed by atoms with Gasteiger partial charge in [-0.15, -0.1) is 0 Å². The van der Waals surface area contributed by atoms with E-state index in [0.717, 1.165) is 13.0 Å². The lowest BCUT2D eigenvalue weighted by Gasteiger charge is -1.80. The van der Waals surface area contributed by atoms with Crippen molar-refractivity contribution < 1.29 is 9.53 Å². The smallest absolute Gasteiger partial charge is 0.407 e. The molecule has 0 aromatic rings. The Morgan fingerprint density at radius 1 is 1.80 bits per heavy atom. The van der Waals surface area contributed by atoms with Gasteiger partial charge in [0.15, 0.2) is 0 Å². The Morgan fingerprint density at radius 3 is 2.50 bits per heavy atom. The molecule has 0 spiro atoms. The fourth-order valence-corrected chi connectivity index (χ4v) is 0.348. The molecular weight excluding hydrogens is 132 g/mol. The average molecular weight is 146 g/mol. The van der Waals surface area contributed by atoms with Gasteiger partial charge in [0.2, 0.25) is 0 Å². The number of rotatable bonds is 1. The van der Waals surface area contributed by atoms with Crippen molar-refractivity contribution in [1.82, 2.24) is 5.32 Å². The van der Waals surface area contributed by atoms with Crippen LogP contribution in [0.5, 0.6) is 0 Å². The zero-order chi connectivity index (χ0) is 7.82. The van der Waals surface area contributed by atoms with Crippen LogP contribution < -0.4 is 11.1 Å². The molecule has 0 unspecified atom stereocenters. The van der Waals surface area contributed by atoms with Gasteiger partial charge in [-0.25, -0.2) is 4.79 Å². The number of nitrogens with one attached hydrogen (secondary N) is 1. The van der Waals surface area contributed by atoms with Gasteiger partial charge in [-0.05, 0) is 13.0 Å². The van der Waals surface area contributed by atoms with E-state index >= 15 is 0 Å². The van der Waals surface area contributed by atoms with E-state index < -0.39 is 0 Å². The normalized spacial score (nSPS) is 14.8. The minimum absolute atomic E-state index is 0.296. The molecule has 10 heavy (non-hydrogen) atoms. The third-order valence-electron chi connectivity index (χ3n) is 0.893. The van der Waals surface area contributed by atoms with Gasteiger partial charge < -0.3 is 15.8 Å². The second-order valence-electron chi connectivity index (χ2n) is 1.85. The maximum atomic E-state index is 9.91. The van der Waals surface area contributed by atoms with Crippen molar-refractivity contribution in [2.45, 2.75) is 13.3 Å². The topological polar surface area (TPSA) is 64.4 Å². The SMILES string of the molecule is CCCN.O=C1NCCO1. The first-order valence-electron chi connectivity index (χ1n) is 3.42. The van der Waals surface area contributed by atoms with Gasteiger partial charge in [0.1, 0.15) is 6.61 Å². The highest BCUT2D eigenvalue weighted by atomic mass is 16.6. The standard InChI is InChI=1S/C3H5NO2.C3H9N/c5-3-4-1-2-6-3;1-2-3-4/h1-2H2,(H,4,5);2-4H2,1H3.